The number of amides is 1. The van der Waals surface area contributed by atoms with Crippen LogP contribution < -0.4 is 5.32 Å². The molecule has 37 heavy (non-hydrogen) atoms. The van der Waals surface area contributed by atoms with E-state index < -0.39 is 0 Å². The van der Waals surface area contributed by atoms with E-state index in [0.29, 0.717) is 11.8 Å². The van der Waals surface area contributed by atoms with E-state index in [-0.39, 0.29) is 5.91 Å². The van der Waals surface area contributed by atoms with Crippen molar-refractivity contribution in [3.63, 3.8) is 0 Å². The molecule has 0 radical (unpaired) electrons. The van der Waals surface area contributed by atoms with Gasteiger partial charge in [0.05, 0.1) is 11.0 Å². The molecule has 0 aliphatic carbocycles. The number of thioether (sulfide) groups is 1. The molecule has 1 saturated heterocycles. The number of hydrogen-bond acceptors (Lipinski definition) is 5. The third-order valence-corrected chi connectivity index (χ3v) is 8.05. The zero-order valence-corrected chi connectivity index (χ0v) is 24.9. The van der Waals surface area contributed by atoms with E-state index in [2.05, 4.69) is 59.7 Å². The van der Waals surface area contributed by atoms with Crippen LogP contribution in [0.5, 0.6) is 0 Å². The van der Waals surface area contributed by atoms with Crippen LogP contribution in [0.2, 0.25) is 0 Å². The van der Waals surface area contributed by atoms with E-state index in [1.54, 1.807) is 0 Å². The standard InChI is InChI=1S/C30H51N5OS/c1-24(2)13-20-34(21-14-25(3)4)29(36)26-11-12-27-28(23-26)35(30(32-27)31-15-9-22-37-5)19-10-18-33-16-7-6-8-17-33/h11-12,23-25H,6-10,13-22H2,1-5H3,(H,31,32). The Bertz CT molecular complexity index is 939. The normalized spacial score (nSPS) is 14.7. The highest BCUT2D eigenvalue weighted by Gasteiger charge is 2.19. The van der Waals surface area contributed by atoms with E-state index in [4.69, 9.17) is 4.98 Å². The summed E-state index contributed by atoms with van der Waals surface area (Å²) in [5.41, 5.74) is 2.83. The van der Waals surface area contributed by atoms with Gasteiger partial charge in [0.15, 0.2) is 0 Å². The number of imidazole rings is 1. The molecule has 2 heterocycles. The summed E-state index contributed by atoms with van der Waals surface area (Å²) in [7, 11) is 0. The van der Waals surface area contributed by atoms with E-state index >= 15 is 0 Å². The second kappa shape index (κ2) is 15.6. The molecule has 1 aliphatic heterocycles. The number of nitrogens with one attached hydrogen (secondary N) is 1. The minimum Gasteiger partial charge on any atom is -0.356 e. The lowest BCUT2D eigenvalue weighted by molar-refractivity contribution is 0.0741. The SMILES string of the molecule is CSCCCNc1nc2ccc(C(=O)N(CCC(C)C)CCC(C)C)cc2n1CCCN1CCCCC1. The van der Waals surface area contributed by atoms with Gasteiger partial charge in [-0.1, -0.05) is 34.1 Å². The summed E-state index contributed by atoms with van der Waals surface area (Å²) in [4.78, 5) is 23.3. The summed E-state index contributed by atoms with van der Waals surface area (Å²) >= 11 is 1.88. The van der Waals surface area contributed by atoms with Gasteiger partial charge in [-0.2, -0.15) is 11.8 Å². The summed E-state index contributed by atoms with van der Waals surface area (Å²) in [6, 6.07) is 6.11. The second-order valence-electron chi connectivity index (χ2n) is 11.5. The molecule has 7 heteroatoms. The van der Waals surface area contributed by atoms with Crippen molar-refractivity contribution in [1.82, 2.24) is 19.4 Å². The number of nitrogens with zero attached hydrogens (tertiary/aromatic N) is 4. The number of anilines is 1. The lowest BCUT2D eigenvalue weighted by atomic mass is 10.1. The molecule has 0 unspecified atom stereocenters. The fraction of sp³-hybridized carbons (Fsp3) is 0.733. The van der Waals surface area contributed by atoms with Crippen LogP contribution in [0, 0.1) is 11.8 Å². The van der Waals surface area contributed by atoms with Crippen LogP contribution in [-0.4, -0.2) is 76.5 Å². The average Bonchev–Trinajstić information content (AvgIpc) is 3.23. The largest absolute Gasteiger partial charge is 0.356 e. The molecule has 1 aromatic heterocycles. The molecule has 2 aromatic rings. The van der Waals surface area contributed by atoms with Gasteiger partial charge < -0.3 is 19.7 Å². The predicted molar refractivity (Wildman–Crippen MR) is 161 cm³/mol. The molecule has 0 atom stereocenters. The van der Waals surface area contributed by atoms with E-state index in [1.807, 2.05) is 23.9 Å². The molecular formula is C30H51N5OS. The Morgan fingerprint density at radius 3 is 2.38 bits per heavy atom. The fourth-order valence-corrected chi connectivity index (χ4v) is 5.43. The van der Waals surface area contributed by atoms with Gasteiger partial charge in [0, 0.05) is 31.7 Å². The molecule has 0 saturated carbocycles. The minimum absolute atomic E-state index is 0.152. The maximum absolute atomic E-state index is 13.7. The Balaban J connectivity index is 1.81. The van der Waals surface area contributed by atoms with E-state index in [0.717, 1.165) is 86.7 Å². The molecule has 1 amide bonds. The zero-order valence-electron chi connectivity index (χ0n) is 24.1. The van der Waals surface area contributed by atoms with E-state index in [9.17, 15) is 4.79 Å². The van der Waals surface area contributed by atoms with Gasteiger partial charge in [-0.25, -0.2) is 4.98 Å². The van der Waals surface area contributed by atoms with Crippen molar-refractivity contribution in [3.8, 4) is 0 Å². The highest BCUT2D eigenvalue weighted by molar-refractivity contribution is 7.98. The van der Waals surface area contributed by atoms with Crippen LogP contribution in [0.1, 0.15) is 83.0 Å². The Hall–Kier alpha value is -1.73. The molecule has 1 aliphatic rings. The first kappa shape index (κ1) is 29.8. The van der Waals surface area contributed by atoms with Gasteiger partial charge in [0.25, 0.3) is 5.91 Å². The first-order valence-corrected chi connectivity index (χ1v) is 16.0. The van der Waals surface area contributed by atoms with Crippen LogP contribution in [0.25, 0.3) is 11.0 Å². The Morgan fingerprint density at radius 2 is 1.73 bits per heavy atom. The second-order valence-corrected chi connectivity index (χ2v) is 12.5. The first-order valence-electron chi connectivity index (χ1n) is 14.6. The number of likely N-dealkylation sites (tertiary alicyclic amines) is 1. The summed E-state index contributed by atoms with van der Waals surface area (Å²) < 4.78 is 2.32. The Labute approximate surface area is 229 Å². The number of aromatic nitrogens is 2. The molecule has 1 aromatic carbocycles. The van der Waals surface area contributed by atoms with Crippen molar-refractivity contribution in [2.45, 2.75) is 79.2 Å². The Morgan fingerprint density at radius 1 is 1.03 bits per heavy atom. The third kappa shape index (κ3) is 9.51. The maximum atomic E-state index is 13.7. The summed E-state index contributed by atoms with van der Waals surface area (Å²) in [6.07, 6.45) is 10.4. The first-order chi connectivity index (χ1) is 17.9. The van der Waals surface area contributed by atoms with Gasteiger partial charge in [-0.15, -0.1) is 0 Å². The number of hydrogen-bond donors (Lipinski definition) is 1. The van der Waals surface area contributed by atoms with Gasteiger partial charge >= 0.3 is 0 Å². The molecule has 0 spiro atoms. The number of carbonyl (C=O) groups excluding carboxylic acids is 1. The van der Waals surface area contributed by atoms with Gasteiger partial charge in [-0.3, -0.25) is 4.79 Å². The number of piperidine rings is 1. The molecule has 1 N–H and O–H groups in total. The van der Waals surface area contributed by atoms with Crippen LogP contribution >= 0.6 is 11.8 Å². The van der Waals surface area contributed by atoms with Crippen molar-refractivity contribution in [3.05, 3.63) is 23.8 Å². The molecule has 208 valence electrons. The number of fused-ring (bicyclic) bond motifs is 1. The lowest BCUT2D eigenvalue weighted by Crippen LogP contribution is -2.34. The van der Waals surface area contributed by atoms with Crippen molar-refractivity contribution < 1.29 is 4.79 Å². The van der Waals surface area contributed by atoms with Crippen LogP contribution in [0.4, 0.5) is 5.95 Å². The van der Waals surface area contributed by atoms with Gasteiger partial charge in [-0.05, 0) is 100 Å². The molecular weight excluding hydrogens is 478 g/mol. The lowest BCUT2D eigenvalue weighted by Gasteiger charge is -2.26. The van der Waals surface area contributed by atoms with Gasteiger partial charge in [0.2, 0.25) is 5.95 Å². The summed E-state index contributed by atoms with van der Waals surface area (Å²) in [5, 5.41) is 3.59. The highest BCUT2D eigenvalue weighted by Crippen LogP contribution is 2.24. The summed E-state index contributed by atoms with van der Waals surface area (Å²) in [6.45, 7) is 16.0. The number of benzene rings is 1. The van der Waals surface area contributed by atoms with Crippen LogP contribution in [0.3, 0.4) is 0 Å². The summed E-state index contributed by atoms with van der Waals surface area (Å²) in [5.74, 6) is 3.40. The van der Waals surface area contributed by atoms with Crippen molar-refractivity contribution in [2.75, 3.05) is 56.6 Å². The average molecular weight is 530 g/mol. The van der Waals surface area contributed by atoms with Crippen molar-refractivity contribution in [2.24, 2.45) is 11.8 Å². The minimum atomic E-state index is 0.152. The van der Waals surface area contributed by atoms with E-state index in [1.165, 1.54) is 32.4 Å². The van der Waals surface area contributed by atoms with Gasteiger partial charge in [0.1, 0.15) is 0 Å². The molecule has 3 rings (SSSR count). The fourth-order valence-electron chi connectivity index (χ4n) is 4.99. The maximum Gasteiger partial charge on any atom is 0.253 e. The Kier molecular flexibility index (Phi) is 12.6. The predicted octanol–water partition coefficient (Wildman–Crippen LogP) is 6.61. The monoisotopic (exact) mass is 529 g/mol. The molecule has 1 fully saturated rings. The van der Waals surface area contributed by atoms with Crippen LogP contribution in [0.15, 0.2) is 18.2 Å². The zero-order chi connectivity index (χ0) is 26.6. The van der Waals surface area contributed by atoms with Crippen molar-refractivity contribution in [1.29, 1.82) is 0 Å². The smallest absolute Gasteiger partial charge is 0.253 e. The number of rotatable bonds is 16. The highest BCUT2D eigenvalue weighted by atomic mass is 32.2. The third-order valence-electron chi connectivity index (χ3n) is 7.35. The number of aryl methyl sites for hydroxylation is 1. The topological polar surface area (TPSA) is 53.4 Å². The molecule has 0 bridgehead atoms. The quantitative estimate of drug-likeness (QED) is 0.248. The number of carbonyl (C=O) groups is 1. The van der Waals surface area contributed by atoms with Crippen molar-refractivity contribution >= 4 is 34.7 Å². The van der Waals surface area contributed by atoms with Crippen LogP contribution in [-0.2, 0) is 6.54 Å². The molecule has 6 nitrogen and oxygen atoms in total.